The molecule has 0 fully saturated rings. The standard InChI is InChI=1S/C22H24N2O4/c1-13-10-14(2)19(15(3)11-13)24-20(25)17-7-6-16(12-18(17)21(24)26)22(27)28-9-8-23(4)5/h6-7,10-12H,8-9H2,1-5H3. The maximum absolute atomic E-state index is 13.0. The molecule has 0 unspecified atom stereocenters. The number of carbonyl (C=O) groups is 3. The molecule has 0 aliphatic carbocycles. The molecule has 28 heavy (non-hydrogen) atoms. The third-order valence-electron chi connectivity index (χ3n) is 4.75. The summed E-state index contributed by atoms with van der Waals surface area (Å²) in [6.45, 7) is 6.59. The van der Waals surface area contributed by atoms with Crippen molar-refractivity contribution in [1.82, 2.24) is 4.90 Å². The molecule has 1 heterocycles. The Bertz CT molecular complexity index is 955. The van der Waals surface area contributed by atoms with Gasteiger partial charge in [-0.05, 0) is 64.2 Å². The molecule has 0 aromatic heterocycles. The fourth-order valence-electron chi connectivity index (χ4n) is 3.50. The van der Waals surface area contributed by atoms with Crippen LogP contribution in [0.15, 0.2) is 30.3 Å². The van der Waals surface area contributed by atoms with Gasteiger partial charge in [-0.1, -0.05) is 17.7 Å². The van der Waals surface area contributed by atoms with Crippen molar-refractivity contribution in [3.63, 3.8) is 0 Å². The number of likely N-dealkylation sites (N-methyl/N-ethyl adjacent to an activating group) is 1. The first-order valence-corrected chi connectivity index (χ1v) is 9.13. The second-order valence-corrected chi connectivity index (χ2v) is 7.39. The highest BCUT2D eigenvalue weighted by atomic mass is 16.5. The van der Waals surface area contributed by atoms with Gasteiger partial charge in [0.2, 0.25) is 0 Å². The highest BCUT2D eigenvalue weighted by Crippen LogP contribution is 2.34. The zero-order valence-corrected chi connectivity index (χ0v) is 16.8. The molecule has 0 N–H and O–H groups in total. The number of hydrogen-bond donors (Lipinski definition) is 0. The van der Waals surface area contributed by atoms with Gasteiger partial charge in [-0.3, -0.25) is 9.59 Å². The van der Waals surface area contributed by atoms with Crippen molar-refractivity contribution in [2.75, 3.05) is 32.1 Å². The number of esters is 1. The third-order valence-corrected chi connectivity index (χ3v) is 4.75. The number of imide groups is 1. The molecule has 0 radical (unpaired) electrons. The summed E-state index contributed by atoms with van der Waals surface area (Å²) in [5.41, 5.74) is 4.18. The van der Waals surface area contributed by atoms with Crippen LogP contribution >= 0.6 is 0 Å². The topological polar surface area (TPSA) is 66.9 Å². The van der Waals surface area contributed by atoms with E-state index in [-0.39, 0.29) is 23.6 Å². The van der Waals surface area contributed by atoms with Crippen molar-refractivity contribution in [3.05, 3.63) is 63.7 Å². The molecule has 6 nitrogen and oxygen atoms in total. The number of fused-ring (bicyclic) bond motifs is 1. The van der Waals surface area contributed by atoms with Gasteiger partial charge >= 0.3 is 5.97 Å². The van der Waals surface area contributed by atoms with Crippen LogP contribution in [0.5, 0.6) is 0 Å². The minimum Gasteiger partial charge on any atom is -0.461 e. The molecule has 0 spiro atoms. The summed E-state index contributed by atoms with van der Waals surface area (Å²) in [5.74, 6) is -1.30. The van der Waals surface area contributed by atoms with Crippen LogP contribution in [-0.4, -0.2) is 49.9 Å². The van der Waals surface area contributed by atoms with Crippen molar-refractivity contribution < 1.29 is 19.1 Å². The Kier molecular flexibility index (Phi) is 5.34. The Balaban J connectivity index is 1.91. The first kappa shape index (κ1) is 19.8. The van der Waals surface area contributed by atoms with Crippen LogP contribution in [0, 0.1) is 20.8 Å². The smallest absolute Gasteiger partial charge is 0.338 e. The van der Waals surface area contributed by atoms with Gasteiger partial charge in [-0.25, -0.2) is 9.69 Å². The second kappa shape index (κ2) is 7.56. The van der Waals surface area contributed by atoms with E-state index in [4.69, 9.17) is 4.74 Å². The first-order valence-electron chi connectivity index (χ1n) is 9.13. The van der Waals surface area contributed by atoms with Crippen LogP contribution in [-0.2, 0) is 4.74 Å². The molecule has 146 valence electrons. The maximum Gasteiger partial charge on any atom is 0.338 e. The van der Waals surface area contributed by atoms with Gasteiger partial charge in [0.25, 0.3) is 11.8 Å². The molecule has 0 saturated carbocycles. The minimum absolute atomic E-state index is 0.228. The summed E-state index contributed by atoms with van der Waals surface area (Å²) < 4.78 is 5.23. The molecule has 0 saturated heterocycles. The molecule has 0 atom stereocenters. The molecule has 1 aliphatic heterocycles. The number of amides is 2. The van der Waals surface area contributed by atoms with Gasteiger partial charge in [-0.15, -0.1) is 0 Å². The lowest BCUT2D eigenvalue weighted by Crippen LogP contribution is -2.30. The SMILES string of the molecule is Cc1cc(C)c(N2C(=O)c3ccc(C(=O)OCCN(C)C)cc3C2=O)c(C)c1. The number of hydrogen-bond acceptors (Lipinski definition) is 5. The number of ether oxygens (including phenoxy) is 1. The van der Waals surface area contributed by atoms with Gasteiger partial charge in [-0.2, -0.15) is 0 Å². The molecule has 0 bridgehead atoms. The van der Waals surface area contributed by atoms with E-state index < -0.39 is 11.9 Å². The van der Waals surface area contributed by atoms with Crippen molar-refractivity contribution in [3.8, 4) is 0 Å². The van der Waals surface area contributed by atoms with Crippen LogP contribution in [0.2, 0.25) is 0 Å². The molecule has 3 rings (SSSR count). The van der Waals surface area contributed by atoms with Gasteiger partial charge in [0.1, 0.15) is 6.61 Å². The average Bonchev–Trinajstić information content (AvgIpc) is 2.85. The zero-order valence-electron chi connectivity index (χ0n) is 16.8. The summed E-state index contributed by atoms with van der Waals surface area (Å²) in [7, 11) is 3.77. The van der Waals surface area contributed by atoms with E-state index in [9.17, 15) is 14.4 Å². The van der Waals surface area contributed by atoms with E-state index in [1.165, 1.54) is 23.1 Å². The normalized spacial score (nSPS) is 13.3. The number of aryl methyl sites for hydroxylation is 3. The summed E-state index contributed by atoms with van der Waals surface area (Å²) in [6, 6.07) is 8.39. The number of rotatable bonds is 5. The Morgan fingerprint density at radius 2 is 1.57 bits per heavy atom. The van der Waals surface area contributed by atoms with Gasteiger partial charge in [0.05, 0.1) is 22.4 Å². The number of anilines is 1. The molecular weight excluding hydrogens is 356 g/mol. The quantitative estimate of drug-likeness (QED) is 0.589. The molecular formula is C22H24N2O4. The van der Waals surface area contributed by atoms with E-state index in [1.54, 1.807) is 0 Å². The fraction of sp³-hybridized carbons (Fsp3) is 0.318. The Hall–Kier alpha value is -2.99. The summed E-state index contributed by atoms with van der Waals surface area (Å²) in [4.78, 5) is 41.3. The molecule has 2 aromatic carbocycles. The van der Waals surface area contributed by atoms with E-state index in [0.29, 0.717) is 17.8 Å². The second-order valence-electron chi connectivity index (χ2n) is 7.39. The molecule has 1 aliphatic rings. The van der Waals surface area contributed by atoms with E-state index in [0.717, 1.165) is 16.7 Å². The van der Waals surface area contributed by atoms with Gasteiger partial charge in [0.15, 0.2) is 0 Å². The number of carbonyl (C=O) groups excluding carboxylic acids is 3. The summed E-state index contributed by atoms with van der Waals surface area (Å²) in [6.07, 6.45) is 0. The maximum atomic E-state index is 13.0. The average molecular weight is 380 g/mol. The first-order chi connectivity index (χ1) is 13.2. The Morgan fingerprint density at radius 1 is 0.964 bits per heavy atom. The van der Waals surface area contributed by atoms with Crippen LogP contribution in [0.25, 0.3) is 0 Å². The van der Waals surface area contributed by atoms with Gasteiger partial charge in [0, 0.05) is 6.54 Å². The van der Waals surface area contributed by atoms with Crippen molar-refractivity contribution in [2.24, 2.45) is 0 Å². The lowest BCUT2D eigenvalue weighted by Gasteiger charge is -2.20. The Labute approximate surface area is 164 Å². The summed E-state index contributed by atoms with van der Waals surface area (Å²) >= 11 is 0. The van der Waals surface area contributed by atoms with Gasteiger partial charge < -0.3 is 9.64 Å². The van der Waals surface area contributed by atoms with E-state index in [2.05, 4.69) is 0 Å². The predicted molar refractivity (Wildman–Crippen MR) is 107 cm³/mol. The minimum atomic E-state index is -0.508. The third kappa shape index (κ3) is 3.55. The largest absolute Gasteiger partial charge is 0.461 e. The molecule has 2 amide bonds. The number of benzene rings is 2. The van der Waals surface area contributed by atoms with E-state index >= 15 is 0 Å². The van der Waals surface area contributed by atoms with Crippen LogP contribution in [0.4, 0.5) is 5.69 Å². The monoisotopic (exact) mass is 380 g/mol. The lowest BCUT2D eigenvalue weighted by molar-refractivity contribution is 0.0481. The zero-order chi connectivity index (χ0) is 20.6. The van der Waals surface area contributed by atoms with Crippen LogP contribution < -0.4 is 4.90 Å². The number of nitrogens with zero attached hydrogens (tertiary/aromatic N) is 2. The van der Waals surface area contributed by atoms with Crippen molar-refractivity contribution in [2.45, 2.75) is 20.8 Å². The highest BCUT2D eigenvalue weighted by Gasteiger charge is 2.38. The highest BCUT2D eigenvalue weighted by molar-refractivity contribution is 6.35. The van der Waals surface area contributed by atoms with Crippen LogP contribution in [0.1, 0.15) is 47.8 Å². The predicted octanol–water partition coefficient (Wildman–Crippen LogP) is 3.13. The van der Waals surface area contributed by atoms with Crippen molar-refractivity contribution in [1.29, 1.82) is 0 Å². The van der Waals surface area contributed by atoms with E-state index in [1.807, 2.05) is 51.9 Å². The molecule has 6 heteroatoms. The van der Waals surface area contributed by atoms with Crippen LogP contribution in [0.3, 0.4) is 0 Å². The summed E-state index contributed by atoms with van der Waals surface area (Å²) in [5, 5.41) is 0. The Morgan fingerprint density at radius 3 is 2.18 bits per heavy atom. The lowest BCUT2D eigenvalue weighted by atomic mass is 10.0. The fourth-order valence-corrected chi connectivity index (χ4v) is 3.50. The molecule has 2 aromatic rings. The van der Waals surface area contributed by atoms with Crippen molar-refractivity contribution >= 4 is 23.5 Å².